The number of aryl methyl sites for hydroxylation is 2. The molecule has 1 heterocycles. The summed E-state index contributed by atoms with van der Waals surface area (Å²) in [6.45, 7) is 4.43. The molecule has 2 heteroatoms. The van der Waals surface area contributed by atoms with Gasteiger partial charge in [-0.05, 0) is 104 Å². The molecular weight excluding hydrogens is 689 g/mol. The predicted molar refractivity (Wildman–Crippen MR) is 235 cm³/mol. The first-order valence-corrected chi connectivity index (χ1v) is 19.7. The van der Waals surface area contributed by atoms with E-state index in [1.165, 1.54) is 72.3 Å². The van der Waals surface area contributed by atoms with Gasteiger partial charge in [0.25, 0.3) is 0 Å². The standard InChI is InChI=1S/C55H38N2/c1-35-16-15-24-46(54-56-51(37-17-5-3-6-18-37)34-52(57-54)38-19-7-4-8-20-38)53(35)41-30-28-39(32-36(41)2)40-29-31-45-44-23-11-14-27-49(44)55(50(45)33-40)47-25-12-9-21-42(47)43-22-10-13-26-48(43)55/h3-34H,1-2H3. The molecule has 1 spiro atoms. The third-order valence-electron chi connectivity index (χ3n) is 12.2. The Kier molecular flexibility index (Phi) is 7.55. The molecule has 2 aliphatic carbocycles. The van der Waals surface area contributed by atoms with Gasteiger partial charge in [0, 0.05) is 16.7 Å². The average Bonchev–Trinajstić information content (AvgIpc) is 3.74. The third-order valence-corrected chi connectivity index (χ3v) is 12.2. The number of fused-ring (bicyclic) bond motifs is 10. The van der Waals surface area contributed by atoms with Gasteiger partial charge in [0.05, 0.1) is 16.8 Å². The number of hydrogen-bond donors (Lipinski definition) is 0. The van der Waals surface area contributed by atoms with Crippen molar-refractivity contribution in [3.05, 3.63) is 228 Å². The Morgan fingerprint density at radius 1 is 0.316 bits per heavy atom. The SMILES string of the molecule is Cc1cc(-c2ccc3c(c2)C2(c4ccccc4-c4ccccc42)c2ccccc2-3)ccc1-c1c(C)cccc1-c1nc(-c2ccccc2)cc(-c2ccccc2)n1. The van der Waals surface area contributed by atoms with E-state index in [0.717, 1.165) is 39.5 Å². The Morgan fingerprint density at radius 3 is 1.32 bits per heavy atom. The van der Waals surface area contributed by atoms with Crippen LogP contribution < -0.4 is 0 Å². The lowest BCUT2D eigenvalue weighted by molar-refractivity contribution is 0.794. The zero-order valence-electron chi connectivity index (χ0n) is 31.9. The summed E-state index contributed by atoms with van der Waals surface area (Å²) in [6, 6.07) is 70.5. The second-order valence-corrected chi connectivity index (χ2v) is 15.4. The van der Waals surface area contributed by atoms with Crippen LogP contribution in [0.25, 0.3) is 78.4 Å². The van der Waals surface area contributed by atoms with Crippen molar-refractivity contribution in [1.82, 2.24) is 9.97 Å². The Balaban J connectivity index is 1.05. The number of nitrogens with zero attached hydrogens (tertiary/aromatic N) is 2. The summed E-state index contributed by atoms with van der Waals surface area (Å²) >= 11 is 0. The minimum absolute atomic E-state index is 0.368. The minimum Gasteiger partial charge on any atom is -0.228 e. The van der Waals surface area contributed by atoms with Crippen LogP contribution in [0.3, 0.4) is 0 Å². The molecule has 0 saturated heterocycles. The zero-order chi connectivity index (χ0) is 38.1. The summed E-state index contributed by atoms with van der Waals surface area (Å²) < 4.78 is 0. The topological polar surface area (TPSA) is 25.8 Å². The quantitative estimate of drug-likeness (QED) is 0.176. The van der Waals surface area contributed by atoms with Crippen LogP contribution >= 0.6 is 0 Å². The molecular formula is C55H38N2. The first kappa shape index (κ1) is 33.2. The first-order valence-electron chi connectivity index (χ1n) is 19.7. The largest absolute Gasteiger partial charge is 0.228 e. The fraction of sp³-hybridized carbons (Fsp3) is 0.0545. The fourth-order valence-corrected chi connectivity index (χ4v) is 9.69. The van der Waals surface area contributed by atoms with E-state index in [0.29, 0.717) is 0 Å². The molecule has 0 N–H and O–H groups in total. The van der Waals surface area contributed by atoms with Crippen molar-refractivity contribution in [2.24, 2.45) is 0 Å². The van der Waals surface area contributed by atoms with Crippen LogP contribution in [-0.2, 0) is 5.41 Å². The summed E-state index contributed by atoms with van der Waals surface area (Å²) in [4.78, 5) is 10.5. The van der Waals surface area contributed by atoms with Gasteiger partial charge in [0.1, 0.15) is 0 Å². The number of hydrogen-bond acceptors (Lipinski definition) is 2. The van der Waals surface area contributed by atoms with Gasteiger partial charge in [0.15, 0.2) is 5.82 Å². The van der Waals surface area contributed by atoms with Gasteiger partial charge >= 0.3 is 0 Å². The van der Waals surface area contributed by atoms with Crippen molar-refractivity contribution in [1.29, 1.82) is 0 Å². The molecule has 0 bridgehead atoms. The second kappa shape index (κ2) is 13.0. The van der Waals surface area contributed by atoms with E-state index in [9.17, 15) is 0 Å². The summed E-state index contributed by atoms with van der Waals surface area (Å²) in [5, 5.41) is 0. The van der Waals surface area contributed by atoms with Crippen molar-refractivity contribution in [3.8, 4) is 78.4 Å². The highest BCUT2D eigenvalue weighted by Gasteiger charge is 2.51. The summed E-state index contributed by atoms with van der Waals surface area (Å²) in [7, 11) is 0. The number of benzene rings is 8. The first-order chi connectivity index (χ1) is 28.1. The maximum atomic E-state index is 5.23. The van der Waals surface area contributed by atoms with E-state index in [4.69, 9.17) is 9.97 Å². The third kappa shape index (κ3) is 5.04. The zero-order valence-corrected chi connectivity index (χ0v) is 31.9. The maximum absolute atomic E-state index is 5.23. The highest BCUT2D eigenvalue weighted by atomic mass is 14.9. The smallest absolute Gasteiger partial charge is 0.161 e. The molecule has 9 aromatic rings. The van der Waals surface area contributed by atoms with E-state index < -0.39 is 0 Å². The minimum atomic E-state index is -0.368. The van der Waals surface area contributed by atoms with E-state index in [2.05, 4.69) is 196 Å². The van der Waals surface area contributed by atoms with Gasteiger partial charge in [-0.1, -0.05) is 182 Å². The molecule has 0 fully saturated rings. The van der Waals surface area contributed by atoms with Gasteiger partial charge in [0.2, 0.25) is 0 Å². The van der Waals surface area contributed by atoms with Crippen LogP contribution in [0.2, 0.25) is 0 Å². The van der Waals surface area contributed by atoms with Crippen molar-refractivity contribution in [2.45, 2.75) is 19.3 Å². The summed E-state index contributed by atoms with van der Waals surface area (Å²) in [5.74, 6) is 0.720. The van der Waals surface area contributed by atoms with Gasteiger partial charge < -0.3 is 0 Å². The van der Waals surface area contributed by atoms with Gasteiger partial charge in [-0.25, -0.2) is 9.97 Å². The lowest BCUT2D eigenvalue weighted by atomic mass is 9.70. The molecule has 2 aliphatic rings. The number of aromatic nitrogens is 2. The molecule has 268 valence electrons. The molecule has 0 radical (unpaired) electrons. The Morgan fingerprint density at radius 2 is 0.772 bits per heavy atom. The second-order valence-electron chi connectivity index (χ2n) is 15.4. The molecule has 0 aliphatic heterocycles. The van der Waals surface area contributed by atoms with E-state index in [1.807, 2.05) is 12.1 Å². The molecule has 8 aromatic carbocycles. The molecule has 0 unspecified atom stereocenters. The van der Waals surface area contributed by atoms with Crippen LogP contribution in [-0.4, -0.2) is 9.97 Å². The molecule has 0 atom stereocenters. The molecule has 57 heavy (non-hydrogen) atoms. The lowest BCUT2D eigenvalue weighted by Gasteiger charge is -2.30. The molecule has 1 aromatic heterocycles. The van der Waals surface area contributed by atoms with Gasteiger partial charge in [-0.3, -0.25) is 0 Å². The molecule has 11 rings (SSSR count). The van der Waals surface area contributed by atoms with Gasteiger partial charge in [-0.2, -0.15) is 0 Å². The summed E-state index contributed by atoms with van der Waals surface area (Å²) in [6.07, 6.45) is 0. The fourth-order valence-electron chi connectivity index (χ4n) is 9.69. The van der Waals surface area contributed by atoms with Crippen LogP contribution in [0.4, 0.5) is 0 Å². The normalized spacial score (nSPS) is 12.9. The van der Waals surface area contributed by atoms with Crippen LogP contribution in [0.5, 0.6) is 0 Å². The van der Waals surface area contributed by atoms with E-state index in [1.54, 1.807) is 0 Å². The highest BCUT2D eigenvalue weighted by molar-refractivity contribution is 5.96. The maximum Gasteiger partial charge on any atom is 0.161 e. The van der Waals surface area contributed by atoms with Crippen molar-refractivity contribution in [3.63, 3.8) is 0 Å². The Labute approximate surface area is 333 Å². The van der Waals surface area contributed by atoms with Gasteiger partial charge in [-0.15, -0.1) is 0 Å². The van der Waals surface area contributed by atoms with Crippen molar-refractivity contribution < 1.29 is 0 Å². The average molecular weight is 727 g/mol. The monoisotopic (exact) mass is 726 g/mol. The van der Waals surface area contributed by atoms with Crippen molar-refractivity contribution >= 4 is 0 Å². The van der Waals surface area contributed by atoms with E-state index in [-0.39, 0.29) is 5.41 Å². The van der Waals surface area contributed by atoms with Crippen LogP contribution in [0.1, 0.15) is 33.4 Å². The van der Waals surface area contributed by atoms with Crippen LogP contribution in [0.15, 0.2) is 194 Å². The summed E-state index contributed by atoms with van der Waals surface area (Å²) in [5.41, 5.74) is 22.5. The lowest BCUT2D eigenvalue weighted by Crippen LogP contribution is -2.25. The molecule has 0 amide bonds. The predicted octanol–water partition coefficient (Wildman–Crippen LogP) is 13.8. The van der Waals surface area contributed by atoms with E-state index >= 15 is 0 Å². The van der Waals surface area contributed by atoms with Crippen LogP contribution in [0, 0.1) is 13.8 Å². The highest BCUT2D eigenvalue weighted by Crippen LogP contribution is 2.63. The van der Waals surface area contributed by atoms with Crippen molar-refractivity contribution in [2.75, 3.05) is 0 Å². The molecule has 2 nitrogen and oxygen atoms in total. The Bertz CT molecular complexity index is 2910. The Hall–Kier alpha value is -7.16. The number of rotatable bonds is 5. The molecule has 0 saturated carbocycles.